The second-order valence-electron chi connectivity index (χ2n) is 7.47. The molecule has 2 fully saturated rings. The molecular weight excluding hydrogens is 220 g/mol. The number of likely N-dealkylation sites (tertiary alicyclic amines) is 1. The summed E-state index contributed by atoms with van der Waals surface area (Å²) in [5.41, 5.74) is 1.16. The summed E-state index contributed by atoms with van der Waals surface area (Å²) >= 11 is 0. The smallest absolute Gasteiger partial charge is 0.00506 e. The summed E-state index contributed by atoms with van der Waals surface area (Å²) in [5.74, 6) is 0. The Bertz CT molecular complexity index is 254. The minimum atomic E-state index is 0.570. The molecule has 1 atom stereocenters. The van der Waals surface area contributed by atoms with E-state index in [-0.39, 0.29) is 0 Å². The summed E-state index contributed by atoms with van der Waals surface area (Å²) in [4.78, 5) is 2.76. The molecule has 2 aliphatic heterocycles. The van der Waals surface area contributed by atoms with Gasteiger partial charge in [0.1, 0.15) is 0 Å². The van der Waals surface area contributed by atoms with Crippen LogP contribution in [-0.2, 0) is 0 Å². The predicted octanol–water partition coefficient (Wildman–Crippen LogP) is 3.28. The topological polar surface area (TPSA) is 15.3 Å². The van der Waals surface area contributed by atoms with Gasteiger partial charge in [-0.2, -0.15) is 0 Å². The zero-order chi connectivity index (χ0) is 13.1. The molecule has 18 heavy (non-hydrogen) atoms. The zero-order valence-corrected chi connectivity index (χ0v) is 12.7. The van der Waals surface area contributed by atoms with Crippen LogP contribution in [0.2, 0.25) is 0 Å². The van der Waals surface area contributed by atoms with E-state index in [9.17, 15) is 0 Å². The number of nitrogens with one attached hydrogen (secondary N) is 1. The average molecular weight is 252 g/mol. The highest BCUT2D eigenvalue weighted by Gasteiger charge is 2.35. The second kappa shape index (κ2) is 5.92. The van der Waals surface area contributed by atoms with Crippen molar-refractivity contribution >= 4 is 0 Å². The van der Waals surface area contributed by atoms with Crippen LogP contribution in [-0.4, -0.2) is 37.6 Å². The van der Waals surface area contributed by atoms with Crippen molar-refractivity contribution < 1.29 is 0 Å². The molecule has 0 spiro atoms. The highest BCUT2D eigenvalue weighted by Crippen LogP contribution is 2.35. The lowest BCUT2D eigenvalue weighted by Crippen LogP contribution is -2.40. The van der Waals surface area contributed by atoms with Crippen LogP contribution in [0.5, 0.6) is 0 Å². The van der Waals surface area contributed by atoms with Gasteiger partial charge in [0, 0.05) is 13.1 Å². The third kappa shape index (κ3) is 3.71. The van der Waals surface area contributed by atoms with E-state index in [2.05, 4.69) is 31.0 Å². The van der Waals surface area contributed by atoms with Crippen molar-refractivity contribution in [2.45, 2.75) is 59.3 Å². The van der Waals surface area contributed by atoms with E-state index in [0.29, 0.717) is 10.8 Å². The maximum absolute atomic E-state index is 3.59. The fraction of sp³-hybridized carbons (Fsp3) is 1.00. The molecule has 2 rings (SSSR count). The Morgan fingerprint density at radius 1 is 1.11 bits per heavy atom. The third-order valence-corrected chi connectivity index (χ3v) is 5.10. The highest BCUT2D eigenvalue weighted by molar-refractivity contribution is 4.91. The van der Waals surface area contributed by atoms with Gasteiger partial charge >= 0.3 is 0 Å². The van der Waals surface area contributed by atoms with Gasteiger partial charge in [-0.1, -0.05) is 27.2 Å². The highest BCUT2D eigenvalue weighted by atomic mass is 15.1. The quantitative estimate of drug-likeness (QED) is 0.826. The molecule has 0 bridgehead atoms. The monoisotopic (exact) mass is 252 g/mol. The predicted molar refractivity (Wildman–Crippen MR) is 78.9 cm³/mol. The Balaban J connectivity index is 1.91. The molecular formula is C16H32N2. The van der Waals surface area contributed by atoms with Crippen molar-refractivity contribution in [3.63, 3.8) is 0 Å². The maximum Gasteiger partial charge on any atom is 0.00506 e. The van der Waals surface area contributed by atoms with E-state index in [1.54, 1.807) is 0 Å². The minimum Gasteiger partial charge on any atom is -0.316 e. The van der Waals surface area contributed by atoms with Crippen LogP contribution < -0.4 is 5.32 Å². The van der Waals surface area contributed by atoms with Crippen molar-refractivity contribution in [2.75, 3.05) is 32.7 Å². The van der Waals surface area contributed by atoms with Gasteiger partial charge < -0.3 is 10.2 Å². The molecule has 0 radical (unpaired) electrons. The van der Waals surface area contributed by atoms with Crippen LogP contribution in [0, 0.1) is 10.8 Å². The SMILES string of the molecule is CCCC1(CN2CCCC(C)(C)CC2)CCNC1. The summed E-state index contributed by atoms with van der Waals surface area (Å²) in [7, 11) is 0. The Morgan fingerprint density at radius 2 is 1.94 bits per heavy atom. The van der Waals surface area contributed by atoms with Crippen molar-refractivity contribution in [3.05, 3.63) is 0 Å². The van der Waals surface area contributed by atoms with Crippen molar-refractivity contribution in [3.8, 4) is 0 Å². The van der Waals surface area contributed by atoms with Crippen molar-refractivity contribution in [1.29, 1.82) is 0 Å². The lowest BCUT2D eigenvalue weighted by Gasteiger charge is -2.34. The van der Waals surface area contributed by atoms with E-state index in [1.807, 2.05) is 0 Å². The van der Waals surface area contributed by atoms with Gasteiger partial charge in [-0.05, 0) is 62.6 Å². The molecule has 0 amide bonds. The molecule has 0 aliphatic carbocycles. The van der Waals surface area contributed by atoms with Gasteiger partial charge in [-0.25, -0.2) is 0 Å². The maximum atomic E-state index is 3.59. The molecule has 2 nitrogen and oxygen atoms in total. The average Bonchev–Trinajstić information content (AvgIpc) is 2.68. The molecule has 1 unspecified atom stereocenters. The minimum absolute atomic E-state index is 0.570. The fourth-order valence-corrected chi connectivity index (χ4v) is 3.86. The normalized spacial score (nSPS) is 33.5. The van der Waals surface area contributed by atoms with Gasteiger partial charge in [0.05, 0.1) is 0 Å². The standard InChI is InChI=1S/C16H32N2/c1-4-6-16(8-10-17-13-16)14-18-11-5-7-15(2,3)9-12-18/h17H,4-14H2,1-3H3. The van der Waals surface area contributed by atoms with E-state index in [0.717, 1.165) is 0 Å². The molecule has 0 aromatic heterocycles. The lowest BCUT2D eigenvalue weighted by atomic mass is 9.82. The number of hydrogen-bond donors (Lipinski definition) is 1. The second-order valence-corrected chi connectivity index (χ2v) is 7.47. The van der Waals surface area contributed by atoms with Crippen molar-refractivity contribution in [1.82, 2.24) is 10.2 Å². The largest absolute Gasteiger partial charge is 0.316 e. The van der Waals surface area contributed by atoms with Gasteiger partial charge in [0.25, 0.3) is 0 Å². The van der Waals surface area contributed by atoms with Crippen molar-refractivity contribution in [2.24, 2.45) is 10.8 Å². The molecule has 2 saturated heterocycles. The summed E-state index contributed by atoms with van der Waals surface area (Å²) in [6, 6.07) is 0. The molecule has 2 aliphatic rings. The first-order valence-electron chi connectivity index (χ1n) is 7.98. The molecule has 2 heterocycles. The van der Waals surface area contributed by atoms with Crippen LogP contribution in [0.1, 0.15) is 59.3 Å². The molecule has 1 N–H and O–H groups in total. The Hall–Kier alpha value is -0.0800. The summed E-state index contributed by atoms with van der Waals surface area (Å²) < 4.78 is 0. The fourth-order valence-electron chi connectivity index (χ4n) is 3.86. The molecule has 0 aromatic rings. The summed E-state index contributed by atoms with van der Waals surface area (Å²) in [5, 5.41) is 3.59. The van der Waals surface area contributed by atoms with Crippen LogP contribution in [0.3, 0.4) is 0 Å². The first-order chi connectivity index (χ1) is 8.55. The summed E-state index contributed by atoms with van der Waals surface area (Å²) in [6.07, 6.45) is 8.30. The Labute approximate surface area is 114 Å². The van der Waals surface area contributed by atoms with E-state index in [1.165, 1.54) is 71.2 Å². The van der Waals surface area contributed by atoms with E-state index >= 15 is 0 Å². The molecule has 2 heteroatoms. The third-order valence-electron chi connectivity index (χ3n) is 5.10. The number of nitrogens with zero attached hydrogens (tertiary/aromatic N) is 1. The van der Waals surface area contributed by atoms with Crippen LogP contribution in [0.15, 0.2) is 0 Å². The zero-order valence-electron chi connectivity index (χ0n) is 12.7. The van der Waals surface area contributed by atoms with Crippen LogP contribution >= 0.6 is 0 Å². The summed E-state index contributed by atoms with van der Waals surface area (Å²) in [6.45, 7) is 13.7. The Morgan fingerprint density at radius 3 is 2.61 bits per heavy atom. The molecule has 0 aromatic carbocycles. The first kappa shape index (κ1) is 14.3. The lowest BCUT2D eigenvalue weighted by molar-refractivity contribution is 0.152. The molecule has 0 saturated carbocycles. The Kier molecular flexibility index (Phi) is 4.71. The molecule has 106 valence electrons. The number of hydrogen-bond acceptors (Lipinski definition) is 2. The first-order valence-corrected chi connectivity index (χ1v) is 7.98. The van der Waals surface area contributed by atoms with Crippen LogP contribution in [0.4, 0.5) is 0 Å². The van der Waals surface area contributed by atoms with Crippen LogP contribution in [0.25, 0.3) is 0 Å². The van der Waals surface area contributed by atoms with E-state index in [4.69, 9.17) is 0 Å². The van der Waals surface area contributed by atoms with Gasteiger partial charge in [-0.3, -0.25) is 0 Å². The van der Waals surface area contributed by atoms with Gasteiger partial charge in [0.15, 0.2) is 0 Å². The number of rotatable bonds is 4. The van der Waals surface area contributed by atoms with Gasteiger partial charge in [0.2, 0.25) is 0 Å². The van der Waals surface area contributed by atoms with E-state index < -0.39 is 0 Å². The van der Waals surface area contributed by atoms with Gasteiger partial charge in [-0.15, -0.1) is 0 Å².